The molecule has 0 spiro atoms. The Kier molecular flexibility index (Phi) is 3.73. The highest BCUT2D eigenvalue weighted by molar-refractivity contribution is 5.38. The summed E-state index contributed by atoms with van der Waals surface area (Å²) in [4.78, 5) is 0. The molecular weight excluding hydrogens is 258 g/mol. The highest BCUT2D eigenvalue weighted by Crippen LogP contribution is 2.30. The lowest BCUT2D eigenvalue weighted by Crippen LogP contribution is -2.51. The zero-order valence-corrected chi connectivity index (χ0v) is 12.8. The van der Waals surface area contributed by atoms with Crippen LogP contribution in [0, 0.1) is 0 Å². The fourth-order valence-corrected chi connectivity index (χ4v) is 2.98. The summed E-state index contributed by atoms with van der Waals surface area (Å²) in [7, 11) is 0. The first kappa shape index (κ1) is 14.2. The summed E-state index contributed by atoms with van der Waals surface area (Å²) >= 11 is 0. The molecule has 0 amide bonds. The molecule has 1 unspecified atom stereocenters. The largest absolute Gasteiger partial charge is 0.491 e. The van der Waals surface area contributed by atoms with Crippen molar-refractivity contribution in [2.45, 2.75) is 38.1 Å². The maximum absolute atomic E-state index is 6.58. The normalized spacial score (nSPS) is 21.0. The SMILES string of the molecule is CC(C)c1ccc(CC2(N)COc3ccccc3C2)cc1. The number of hydrogen-bond donors (Lipinski definition) is 1. The van der Waals surface area contributed by atoms with Crippen LogP contribution in [0.15, 0.2) is 48.5 Å². The Balaban J connectivity index is 1.75. The minimum Gasteiger partial charge on any atom is -0.491 e. The lowest BCUT2D eigenvalue weighted by molar-refractivity contribution is 0.190. The Bertz CT molecular complexity index is 618. The van der Waals surface area contributed by atoms with E-state index in [-0.39, 0.29) is 5.54 Å². The third kappa shape index (κ3) is 3.11. The minimum atomic E-state index is -0.312. The van der Waals surface area contributed by atoms with Gasteiger partial charge in [0.1, 0.15) is 12.4 Å². The Morgan fingerprint density at radius 3 is 2.52 bits per heavy atom. The Morgan fingerprint density at radius 1 is 1.10 bits per heavy atom. The van der Waals surface area contributed by atoms with E-state index in [0.29, 0.717) is 12.5 Å². The Morgan fingerprint density at radius 2 is 1.81 bits per heavy atom. The molecule has 2 aromatic rings. The van der Waals surface area contributed by atoms with Crippen LogP contribution in [-0.4, -0.2) is 12.1 Å². The second-order valence-electron chi connectivity index (χ2n) is 6.51. The van der Waals surface area contributed by atoms with Gasteiger partial charge < -0.3 is 10.5 Å². The summed E-state index contributed by atoms with van der Waals surface area (Å²) in [6, 6.07) is 17.0. The van der Waals surface area contributed by atoms with Crippen molar-refractivity contribution in [3.05, 3.63) is 65.2 Å². The molecular formula is C19H23NO. The predicted molar refractivity (Wildman–Crippen MR) is 86.8 cm³/mol. The van der Waals surface area contributed by atoms with E-state index < -0.39 is 0 Å². The van der Waals surface area contributed by atoms with Crippen molar-refractivity contribution >= 4 is 0 Å². The van der Waals surface area contributed by atoms with Gasteiger partial charge >= 0.3 is 0 Å². The summed E-state index contributed by atoms with van der Waals surface area (Å²) in [5, 5.41) is 0. The Labute approximate surface area is 126 Å². The molecule has 1 atom stereocenters. The first-order valence-electron chi connectivity index (χ1n) is 7.64. The van der Waals surface area contributed by atoms with Crippen LogP contribution in [0.5, 0.6) is 5.75 Å². The topological polar surface area (TPSA) is 35.2 Å². The van der Waals surface area contributed by atoms with Crippen LogP contribution in [0.4, 0.5) is 0 Å². The molecule has 0 aliphatic carbocycles. The molecule has 2 aromatic carbocycles. The molecule has 0 radical (unpaired) electrons. The molecule has 1 heterocycles. The van der Waals surface area contributed by atoms with E-state index in [1.54, 1.807) is 0 Å². The zero-order valence-electron chi connectivity index (χ0n) is 12.8. The van der Waals surface area contributed by atoms with Crippen molar-refractivity contribution in [2.75, 3.05) is 6.61 Å². The van der Waals surface area contributed by atoms with Crippen molar-refractivity contribution in [3.63, 3.8) is 0 Å². The van der Waals surface area contributed by atoms with E-state index in [0.717, 1.165) is 18.6 Å². The monoisotopic (exact) mass is 281 g/mol. The van der Waals surface area contributed by atoms with Gasteiger partial charge in [0.2, 0.25) is 0 Å². The molecule has 21 heavy (non-hydrogen) atoms. The van der Waals surface area contributed by atoms with Gasteiger partial charge in [0.15, 0.2) is 0 Å². The molecule has 110 valence electrons. The van der Waals surface area contributed by atoms with Crippen LogP contribution in [0.25, 0.3) is 0 Å². The van der Waals surface area contributed by atoms with Gasteiger partial charge in [0, 0.05) is 0 Å². The van der Waals surface area contributed by atoms with Gasteiger partial charge in [-0.2, -0.15) is 0 Å². The van der Waals surface area contributed by atoms with Crippen molar-refractivity contribution in [1.29, 1.82) is 0 Å². The van der Waals surface area contributed by atoms with E-state index in [9.17, 15) is 0 Å². The van der Waals surface area contributed by atoms with Crippen LogP contribution in [0.3, 0.4) is 0 Å². The lowest BCUT2D eigenvalue weighted by atomic mass is 9.84. The van der Waals surface area contributed by atoms with Gasteiger partial charge in [0.05, 0.1) is 5.54 Å². The van der Waals surface area contributed by atoms with E-state index in [2.05, 4.69) is 44.2 Å². The van der Waals surface area contributed by atoms with Gasteiger partial charge in [-0.3, -0.25) is 0 Å². The van der Waals surface area contributed by atoms with Gasteiger partial charge in [-0.05, 0) is 41.5 Å². The molecule has 2 heteroatoms. The summed E-state index contributed by atoms with van der Waals surface area (Å²) in [6.45, 7) is 5.01. The van der Waals surface area contributed by atoms with Crippen molar-refractivity contribution in [1.82, 2.24) is 0 Å². The first-order chi connectivity index (χ1) is 10.1. The summed E-state index contributed by atoms with van der Waals surface area (Å²) in [5.41, 5.74) is 10.1. The number of benzene rings is 2. The average Bonchev–Trinajstić information content (AvgIpc) is 2.47. The van der Waals surface area contributed by atoms with Crippen molar-refractivity contribution in [2.24, 2.45) is 5.73 Å². The van der Waals surface area contributed by atoms with Crippen molar-refractivity contribution < 1.29 is 4.74 Å². The number of nitrogens with two attached hydrogens (primary N) is 1. The molecule has 2 nitrogen and oxygen atoms in total. The number of ether oxygens (including phenoxy) is 1. The van der Waals surface area contributed by atoms with Crippen LogP contribution >= 0.6 is 0 Å². The maximum atomic E-state index is 6.58. The second kappa shape index (κ2) is 5.53. The van der Waals surface area contributed by atoms with Crippen LogP contribution in [0.1, 0.15) is 36.5 Å². The van der Waals surface area contributed by atoms with Gasteiger partial charge in [-0.1, -0.05) is 56.3 Å². The molecule has 0 saturated heterocycles. The standard InChI is InChI=1S/C19H23NO/c1-14(2)16-9-7-15(8-10-16)11-19(20)12-17-5-3-4-6-18(17)21-13-19/h3-10,14H,11-13,20H2,1-2H3. The number of rotatable bonds is 3. The molecule has 0 fully saturated rings. The first-order valence-corrected chi connectivity index (χ1v) is 7.64. The van der Waals surface area contributed by atoms with Crippen molar-refractivity contribution in [3.8, 4) is 5.75 Å². The highest BCUT2D eigenvalue weighted by Gasteiger charge is 2.32. The zero-order chi connectivity index (χ0) is 14.9. The van der Waals surface area contributed by atoms with E-state index in [4.69, 9.17) is 10.5 Å². The summed E-state index contributed by atoms with van der Waals surface area (Å²) in [6.07, 6.45) is 1.72. The highest BCUT2D eigenvalue weighted by atomic mass is 16.5. The summed E-state index contributed by atoms with van der Waals surface area (Å²) < 4.78 is 5.85. The third-order valence-corrected chi connectivity index (χ3v) is 4.23. The van der Waals surface area contributed by atoms with Gasteiger partial charge in [0.25, 0.3) is 0 Å². The van der Waals surface area contributed by atoms with Crippen LogP contribution in [0.2, 0.25) is 0 Å². The quantitative estimate of drug-likeness (QED) is 0.931. The molecule has 1 aliphatic heterocycles. The fourth-order valence-electron chi connectivity index (χ4n) is 2.98. The molecule has 0 saturated carbocycles. The van der Waals surface area contributed by atoms with Gasteiger partial charge in [-0.15, -0.1) is 0 Å². The fraction of sp³-hybridized carbons (Fsp3) is 0.368. The molecule has 1 aliphatic rings. The maximum Gasteiger partial charge on any atom is 0.122 e. The Hall–Kier alpha value is -1.80. The predicted octanol–water partition coefficient (Wildman–Crippen LogP) is 3.69. The van der Waals surface area contributed by atoms with Crippen LogP contribution < -0.4 is 10.5 Å². The van der Waals surface area contributed by atoms with Crippen LogP contribution in [-0.2, 0) is 12.8 Å². The molecule has 2 N–H and O–H groups in total. The molecule has 3 rings (SSSR count). The smallest absolute Gasteiger partial charge is 0.122 e. The van der Waals surface area contributed by atoms with E-state index >= 15 is 0 Å². The average molecular weight is 281 g/mol. The molecule has 0 aromatic heterocycles. The second-order valence-corrected chi connectivity index (χ2v) is 6.51. The number of fused-ring (bicyclic) bond motifs is 1. The summed E-state index contributed by atoms with van der Waals surface area (Å²) in [5.74, 6) is 1.55. The van der Waals surface area contributed by atoms with E-state index in [1.165, 1.54) is 16.7 Å². The lowest BCUT2D eigenvalue weighted by Gasteiger charge is -2.34. The number of para-hydroxylation sites is 1. The van der Waals surface area contributed by atoms with E-state index in [1.807, 2.05) is 18.2 Å². The van der Waals surface area contributed by atoms with Gasteiger partial charge in [-0.25, -0.2) is 0 Å². The number of hydrogen-bond acceptors (Lipinski definition) is 2. The minimum absolute atomic E-state index is 0.312. The third-order valence-electron chi connectivity index (χ3n) is 4.23. The molecule has 0 bridgehead atoms.